The van der Waals surface area contributed by atoms with Crippen LogP contribution < -0.4 is 5.32 Å². The standard InChI is InChI=1S/C14H24F2N2/c15-13(16)9-18-8-12(11-4-5-11)17-10-14(18)6-2-1-3-7-14/h11-13,17H,1-10H2. The summed E-state index contributed by atoms with van der Waals surface area (Å²) in [6.07, 6.45) is 6.26. The molecule has 3 rings (SSSR count). The molecule has 2 aliphatic carbocycles. The molecular weight excluding hydrogens is 234 g/mol. The smallest absolute Gasteiger partial charge is 0.251 e. The number of rotatable bonds is 3. The number of halogens is 2. The van der Waals surface area contributed by atoms with Gasteiger partial charge in [0.1, 0.15) is 0 Å². The van der Waals surface area contributed by atoms with Gasteiger partial charge in [-0.15, -0.1) is 0 Å². The molecule has 1 aliphatic heterocycles. The molecule has 0 bridgehead atoms. The molecule has 2 nitrogen and oxygen atoms in total. The highest BCUT2D eigenvalue weighted by Crippen LogP contribution is 2.40. The van der Waals surface area contributed by atoms with Gasteiger partial charge in [0.2, 0.25) is 0 Å². The van der Waals surface area contributed by atoms with Crippen LogP contribution in [0, 0.1) is 5.92 Å². The average molecular weight is 258 g/mol. The summed E-state index contributed by atoms with van der Waals surface area (Å²) in [5.41, 5.74) is 0.0417. The van der Waals surface area contributed by atoms with Crippen molar-refractivity contribution in [3.05, 3.63) is 0 Å². The van der Waals surface area contributed by atoms with Crippen LogP contribution in [0.2, 0.25) is 0 Å². The molecule has 104 valence electrons. The lowest BCUT2D eigenvalue weighted by Crippen LogP contribution is -2.66. The maximum atomic E-state index is 12.8. The molecule has 1 spiro atoms. The third kappa shape index (κ3) is 2.55. The molecule has 1 atom stereocenters. The lowest BCUT2D eigenvalue weighted by molar-refractivity contribution is -0.0314. The molecule has 0 aromatic rings. The van der Waals surface area contributed by atoms with E-state index in [1.807, 2.05) is 0 Å². The van der Waals surface area contributed by atoms with Crippen LogP contribution >= 0.6 is 0 Å². The summed E-state index contributed by atoms with van der Waals surface area (Å²) in [6.45, 7) is 1.75. The van der Waals surface area contributed by atoms with E-state index in [-0.39, 0.29) is 12.1 Å². The van der Waals surface area contributed by atoms with Crippen LogP contribution in [0.4, 0.5) is 8.78 Å². The predicted molar refractivity (Wildman–Crippen MR) is 67.9 cm³/mol. The summed E-state index contributed by atoms with van der Waals surface area (Å²) in [7, 11) is 0. The van der Waals surface area contributed by atoms with Crippen molar-refractivity contribution in [1.82, 2.24) is 10.2 Å². The minimum Gasteiger partial charge on any atom is -0.311 e. The van der Waals surface area contributed by atoms with E-state index in [1.165, 1.54) is 32.1 Å². The predicted octanol–water partition coefficient (Wildman–Crippen LogP) is 2.64. The van der Waals surface area contributed by atoms with Crippen molar-refractivity contribution < 1.29 is 8.78 Å². The van der Waals surface area contributed by atoms with Gasteiger partial charge in [-0.2, -0.15) is 0 Å². The van der Waals surface area contributed by atoms with Crippen molar-refractivity contribution in [3.63, 3.8) is 0 Å². The topological polar surface area (TPSA) is 15.3 Å². The quantitative estimate of drug-likeness (QED) is 0.837. The molecule has 0 aromatic heterocycles. The van der Waals surface area contributed by atoms with Gasteiger partial charge in [0.05, 0.1) is 6.54 Å². The summed E-state index contributed by atoms with van der Waals surface area (Å²) in [4.78, 5) is 2.14. The van der Waals surface area contributed by atoms with E-state index in [9.17, 15) is 8.78 Å². The lowest BCUT2D eigenvalue weighted by Gasteiger charge is -2.52. The second kappa shape index (κ2) is 5.04. The molecule has 2 saturated carbocycles. The third-order valence-electron chi connectivity index (χ3n) is 5.11. The first kappa shape index (κ1) is 12.8. The number of alkyl halides is 2. The Morgan fingerprint density at radius 1 is 1.17 bits per heavy atom. The Morgan fingerprint density at radius 3 is 2.50 bits per heavy atom. The van der Waals surface area contributed by atoms with Crippen LogP contribution in [0.25, 0.3) is 0 Å². The van der Waals surface area contributed by atoms with Gasteiger partial charge in [0, 0.05) is 24.7 Å². The maximum absolute atomic E-state index is 12.8. The summed E-state index contributed by atoms with van der Waals surface area (Å²) in [5.74, 6) is 0.756. The summed E-state index contributed by atoms with van der Waals surface area (Å²) in [5, 5.41) is 3.66. The Morgan fingerprint density at radius 2 is 1.89 bits per heavy atom. The van der Waals surface area contributed by atoms with Crippen molar-refractivity contribution in [1.29, 1.82) is 0 Å². The van der Waals surface area contributed by atoms with Gasteiger partial charge in [-0.05, 0) is 31.6 Å². The van der Waals surface area contributed by atoms with Crippen LogP contribution in [0.5, 0.6) is 0 Å². The number of hydrogen-bond donors (Lipinski definition) is 1. The highest BCUT2D eigenvalue weighted by Gasteiger charge is 2.45. The molecule has 0 aromatic carbocycles. The molecule has 4 heteroatoms. The lowest BCUT2D eigenvalue weighted by atomic mass is 9.78. The van der Waals surface area contributed by atoms with Crippen LogP contribution in [0.1, 0.15) is 44.9 Å². The summed E-state index contributed by atoms with van der Waals surface area (Å²) in [6, 6.07) is 0.469. The fraction of sp³-hybridized carbons (Fsp3) is 1.00. The minimum atomic E-state index is -2.19. The fourth-order valence-corrected chi connectivity index (χ4v) is 3.88. The minimum absolute atomic E-state index is 0.0229. The zero-order valence-electron chi connectivity index (χ0n) is 11.0. The van der Waals surface area contributed by atoms with Crippen molar-refractivity contribution in [2.24, 2.45) is 5.92 Å². The summed E-state index contributed by atoms with van der Waals surface area (Å²) < 4.78 is 25.7. The Kier molecular flexibility index (Phi) is 3.59. The Bertz CT molecular complexity index is 286. The first-order valence-electron chi connectivity index (χ1n) is 7.46. The van der Waals surface area contributed by atoms with Crippen LogP contribution in [-0.2, 0) is 0 Å². The molecular formula is C14H24F2N2. The normalized spacial score (nSPS) is 33.2. The second-order valence-electron chi connectivity index (χ2n) is 6.41. The molecule has 3 fully saturated rings. The maximum Gasteiger partial charge on any atom is 0.251 e. The van der Waals surface area contributed by atoms with Crippen molar-refractivity contribution in [2.45, 2.75) is 63.0 Å². The molecule has 1 N–H and O–H groups in total. The molecule has 3 aliphatic rings. The Hall–Kier alpha value is -0.220. The van der Waals surface area contributed by atoms with Gasteiger partial charge in [-0.25, -0.2) is 8.78 Å². The highest BCUT2D eigenvalue weighted by molar-refractivity contribution is 5.03. The van der Waals surface area contributed by atoms with Gasteiger partial charge in [0.15, 0.2) is 0 Å². The van der Waals surface area contributed by atoms with Crippen molar-refractivity contribution in [3.8, 4) is 0 Å². The van der Waals surface area contributed by atoms with Gasteiger partial charge in [-0.3, -0.25) is 4.90 Å². The van der Waals surface area contributed by atoms with Gasteiger partial charge >= 0.3 is 0 Å². The molecule has 1 unspecified atom stereocenters. The van der Waals surface area contributed by atoms with E-state index < -0.39 is 6.43 Å². The number of piperazine rings is 1. The fourth-order valence-electron chi connectivity index (χ4n) is 3.88. The first-order valence-corrected chi connectivity index (χ1v) is 7.46. The van der Waals surface area contributed by atoms with E-state index >= 15 is 0 Å². The number of hydrogen-bond acceptors (Lipinski definition) is 2. The van der Waals surface area contributed by atoms with E-state index in [2.05, 4.69) is 10.2 Å². The average Bonchev–Trinajstić information content (AvgIpc) is 3.17. The number of nitrogens with zero attached hydrogens (tertiary/aromatic N) is 1. The number of nitrogens with one attached hydrogen (secondary N) is 1. The van der Waals surface area contributed by atoms with E-state index in [4.69, 9.17) is 0 Å². The van der Waals surface area contributed by atoms with Crippen molar-refractivity contribution in [2.75, 3.05) is 19.6 Å². The molecule has 0 radical (unpaired) electrons. The second-order valence-corrected chi connectivity index (χ2v) is 6.41. The Balaban J connectivity index is 1.70. The third-order valence-corrected chi connectivity index (χ3v) is 5.11. The van der Waals surface area contributed by atoms with Crippen molar-refractivity contribution >= 4 is 0 Å². The first-order chi connectivity index (χ1) is 8.70. The highest BCUT2D eigenvalue weighted by atomic mass is 19.3. The van der Waals surface area contributed by atoms with E-state index in [1.54, 1.807) is 0 Å². The molecule has 18 heavy (non-hydrogen) atoms. The molecule has 1 saturated heterocycles. The SMILES string of the molecule is FC(F)CN1CC(C2CC2)NCC12CCCCC2. The zero-order chi connectivity index (χ0) is 12.6. The largest absolute Gasteiger partial charge is 0.311 e. The molecule has 1 heterocycles. The van der Waals surface area contributed by atoms with Gasteiger partial charge in [-0.1, -0.05) is 19.3 Å². The zero-order valence-corrected chi connectivity index (χ0v) is 11.0. The van der Waals surface area contributed by atoms with Crippen LogP contribution in [0.3, 0.4) is 0 Å². The van der Waals surface area contributed by atoms with Crippen LogP contribution in [-0.4, -0.2) is 42.5 Å². The van der Waals surface area contributed by atoms with Gasteiger partial charge < -0.3 is 5.32 Å². The van der Waals surface area contributed by atoms with Gasteiger partial charge in [0.25, 0.3) is 6.43 Å². The van der Waals surface area contributed by atoms with E-state index in [0.29, 0.717) is 6.04 Å². The van der Waals surface area contributed by atoms with E-state index in [0.717, 1.165) is 31.8 Å². The monoisotopic (exact) mass is 258 g/mol. The van der Waals surface area contributed by atoms with Crippen LogP contribution in [0.15, 0.2) is 0 Å². The molecule has 0 amide bonds. The Labute approximate surface area is 108 Å². The summed E-state index contributed by atoms with van der Waals surface area (Å²) >= 11 is 0.